The number of benzene rings is 2. The maximum Gasteiger partial charge on any atom is 0.338 e. The molecule has 10 heteroatoms. The Bertz CT molecular complexity index is 984. The molecule has 0 unspecified atom stereocenters. The third-order valence-electron chi connectivity index (χ3n) is 4.06. The van der Waals surface area contributed by atoms with Crippen LogP contribution in [-0.4, -0.2) is 43.3 Å². The van der Waals surface area contributed by atoms with Gasteiger partial charge in [0.05, 0.1) is 22.0 Å². The van der Waals surface area contributed by atoms with Crippen LogP contribution in [-0.2, 0) is 14.8 Å². The van der Waals surface area contributed by atoms with E-state index in [1.807, 2.05) is 0 Å². The van der Waals surface area contributed by atoms with Gasteiger partial charge >= 0.3 is 11.7 Å². The van der Waals surface area contributed by atoms with E-state index in [0.29, 0.717) is 5.56 Å². The van der Waals surface area contributed by atoms with E-state index < -0.39 is 26.6 Å². The van der Waals surface area contributed by atoms with E-state index in [1.165, 1.54) is 40.7 Å². The van der Waals surface area contributed by atoms with Crippen molar-refractivity contribution in [2.45, 2.75) is 25.7 Å². The van der Waals surface area contributed by atoms with Crippen LogP contribution in [0.2, 0.25) is 0 Å². The van der Waals surface area contributed by atoms with Crippen molar-refractivity contribution >= 4 is 21.7 Å². The van der Waals surface area contributed by atoms with Crippen LogP contribution in [0.25, 0.3) is 0 Å². The molecule has 0 atom stereocenters. The lowest BCUT2D eigenvalue weighted by atomic mass is 10.2. The van der Waals surface area contributed by atoms with Crippen molar-refractivity contribution in [1.29, 1.82) is 0 Å². The molecule has 0 aromatic heterocycles. The predicted octanol–water partition coefficient (Wildman–Crippen LogP) is 3.59. The summed E-state index contributed by atoms with van der Waals surface area (Å²) in [5, 5.41) is 11.5. The topological polar surface area (TPSA) is 116 Å². The molecule has 0 bridgehead atoms. The summed E-state index contributed by atoms with van der Waals surface area (Å²) in [6.07, 6.45) is 0. The third-order valence-corrected chi connectivity index (χ3v) is 6.11. The van der Waals surface area contributed by atoms with E-state index in [1.54, 1.807) is 20.8 Å². The van der Waals surface area contributed by atoms with Crippen LogP contribution in [0.5, 0.6) is 11.5 Å². The van der Waals surface area contributed by atoms with Crippen molar-refractivity contribution in [3.63, 3.8) is 0 Å². The number of nitrogens with zero attached hydrogens (tertiary/aromatic N) is 2. The summed E-state index contributed by atoms with van der Waals surface area (Å²) in [4.78, 5) is 22.3. The molecule has 0 aliphatic carbocycles. The van der Waals surface area contributed by atoms with Crippen molar-refractivity contribution < 1.29 is 27.6 Å². The molecule has 0 N–H and O–H groups in total. The second kappa shape index (κ2) is 9.48. The average Bonchev–Trinajstić information content (AvgIpc) is 2.69. The van der Waals surface area contributed by atoms with Gasteiger partial charge in [0.15, 0.2) is 0 Å². The normalized spacial score (nSPS) is 11.3. The monoisotopic (exact) mass is 422 g/mol. The standard InChI is InChI=1S/C19H22N2O7S/c1-4-20(5-2)29(25,26)16-11-12-18(17(13-16)21(23)24)28-15-9-7-14(8-10-15)19(22)27-6-3/h7-13H,4-6H2,1-3H3. The van der Waals surface area contributed by atoms with Crippen molar-refractivity contribution in [3.05, 3.63) is 58.1 Å². The molecule has 0 aliphatic heterocycles. The number of rotatable bonds is 9. The predicted molar refractivity (Wildman–Crippen MR) is 106 cm³/mol. The summed E-state index contributed by atoms with van der Waals surface area (Å²) in [5.41, 5.74) is -0.165. The van der Waals surface area contributed by atoms with Crippen molar-refractivity contribution in [1.82, 2.24) is 4.31 Å². The minimum absolute atomic E-state index is 0.114. The van der Waals surface area contributed by atoms with Crippen molar-refractivity contribution in [2.75, 3.05) is 19.7 Å². The molecule has 0 amide bonds. The molecule has 0 heterocycles. The minimum atomic E-state index is -3.85. The van der Waals surface area contributed by atoms with E-state index in [-0.39, 0.29) is 36.1 Å². The highest BCUT2D eigenvalue weighted by Crippen LogP contribution is 2.34. The molecular formula is C19H22N2O7S. The van der Waals surface area contributed by atoms with Crippen LogP contribution < -0.4 is 4.74 Å². The fourth-order valence-electron chi connectivity index (χ4n) is 2.60. The first-order valence-corrected chi connectivity index (χ1v) is 10.4. The van der Waals surface area contributed by atoms with Gasteiger partial charge in [-0.2, -0.15) is 4.31 Å². The first kappa shape index (κ1) is 22.3. The highest BCUT2D eigenvalue weighted by molar-refractivity contribution is 7.89. The molecular weight excluding hydrogens is 400 g/mol. The summed E-state index contributed by atoms with van der Waals surface area (Å²) >= 11 is 0. The number of nitro benzene ring substituents is 1. The van der Waals surface area contributed by atoms with Gasteiger partial charge in [-0.25, -0.2) is 13.2 Å². The molecule has 2 aromatic carbocycles. The van der Waals surface area contributed by atoms with Crippen molar-refractivity contribution in [3.8, 4) is 11.5 Å². The van der Waals surface area contributed by atoms with E-state index >= 15 is 0 Å². The van der Waals surface area contributed by atoms with Gasteiger partial charge < -0.3 is 9.47 Å². The van der Waals surface area contributed by atoms with Gasteiger partial charge in [-0.3, -0.25) is 10.1 Å². The molecule has 9 nitrogen and oxygen atoms in total. The third kappa shape index (κ3) is 5.09. The van der Waals surface area contributed by atoms with Gasteiger partial charge in [-0.1, -0.05) is 13.8 Å². The zero-order valence-electron chi connectivity index (χ0n) is 16.3. The van der Waals surface area contributed by atoms with E-state index in [9.17, 15) is 23.3 Å². The Kier molecular flexibility index (Phi) is 7.29. The summed E-state index contributed by atoms with van der Waals surface area (Å²) in [6.45, 7) is 5.81. The number of ether oxygens (including phenoxy) is 2. The van der Waals surface area contributed by atoms with Gasteiger partial charge in [0, 0.05) is 19.2 Å². The van der Waals surface area contributed by atoms with Gasteiger partial charge in [0.25, 0.3) is 0 Å². The highest BCUT2D eigenvalue weighted by atomic mass is 32.2. The van der Waals surface area contributed by atoms with Gasteiger partial charge in [-0.15, -0.1) is 0 Å². The van der Waals surface area contributed by atoms with E-state index in [4.69, 9.17) is 9.47 Å². The maximum absolute atomic E-state index is 12.6. The number of sulfonamides is 1. The number of hydrogen-bond donors (Lipinski definition) is 0. The molecule has 2 rings (SSSR count). The number of carbonyl (C=O) groups is 1. The molecule has 0 radical (unpaired) electrons. The van der Waals surface area contributed by atoms with Crippen LogP contribution >= 0.6 is 0 Å². The number of esters is 1. The van der Waals surface area contributed by atoms with Crippen molar-refractivity contribution in [2.24, 2.45) is 0 Å². The zero-order chi connectivity index (χ0) is 21.6. The second-order valence-corrected chi connectivity index (χ2v) is 7.76. The van der Waals surface area contributed by atoms with Crippen LogP contribution in [0.1, 0.15) is 31.1 Å². The lowest BCUT2D eigenvalue weighted by Crippen LogP contribution is -2.30. The molecule has 156 valence electrons. The fraction of sp³-hybridized carbons (Fsp3) is 0.316. The maximum atomic E-state index is 12.6. The Balaban J connectivity index is 2.35. The first-order valence-electron chi connectivity index (χ1n) is 8.98. The van der Waals surface area contributed by atoms with Gasteiger partial charge in [0.1, 0.15) is 5.75 Å². The highest BCUT2D eigenvalue weighted by Gasteiger charge is 2.26. The lowest BCUT2D eigenvalue weighted by Gasteiger charge is -2.18. The second-order valence-electron chi connectivity index (χ2n) is 5.82. The first-order chi connectivity index (χ1) is 13.7. The Morgan fingerprint density at radius 3 is 2.21 bits per heavy atom. The van der Waals surface area contributed by atoms with Crippen LogP contribution in [0.15, 0.2) is 47.4 Å². The van der Waals surface area contributed by atoms with Gasteiger partial charge in [0.2, 0.25) is 15.8 Å². The van der Waals surface area contributed by atoms with Crippen LogP contribution in [0, 0.1) is 10.1 Å². The summed E-state index contributed by atoms with van der Waals surface area (Å²) < 4.78 is 36.9. The Morgan fingerprint density at radius 2 is 1.69 bits per heavy atom. The summed E-state index contributed by atoms with van der Waals surface area (Å²) in [5.74, 6) is -0.353. The number of hydrogen-bond acceptors (Lipinski definition) is 7. The molecule has 0 saturated heterocycles. The number of nitro groups is 1. The fourth-order valence-corrected chi connectivity index (χ4v) is 4.08. The lowest BCUT2D eigenvalue weighted by molar-refractivity contribution is -0.385. The average molecular weight is 422 g/mol. The van der Waals surface area contributed by atoms with Crippen LogP contribution in [0.3, 0.4) is 0 Å². The SMILES string of the molecule is CCOC(=O)c1ccc(Oc2ccc(S(=O)(=O)N(CC)CC)cc2[N+](=O)[O-])cc1. The van der Waals surface area contributed by atoms with E-state index in [0.717, 1.165) is 6.07 Å². The minimum Gasteiger partial charge on any atom is -0.462 e. The molecule has 2 aromatic rings. The Hall–Kier alpha value is -2.98. The zero-order valence-corrected chi connectivity index (χ0v) is 17.1. The molecule has 0 fully saturated rings. The number of carbonyl (C=O) groups excluding carboxylic acids is 1. The summed E-state index contributed by atoms with van der Waals surface area (Å²) in [7, 11) is -3.85. The molecule has 0 saturated carbocycles. The smallest absolute Gasteiger partial charge is 0.338 e. The Morgan fingerprint density at radius 1 is 1.07 bits per heavy atom. The quantitative estimate of drug-likeness (QED) is 0.344. The molecule has 0 spiro atoms. The largest absolute Gasteiger partial charge is 0.462 e. The molecule has 29 heavy (non-hydrogen) atoms. The van der Waals surface area contributed by atoms with Crippen LogP contribution in [0.4, 0.5) is 5.69 Å². The Labute approximate surface area is 169 Å². The molecule has 0 aliphatic rings. The van der Waals surface area contributed by atoms with Gasteiger partial charge in [-0.05, 0) is 43.3 Å². The van der Waals surface area contributed by atoms with E-state index in [2.05, 4.69) is 0 Å². The summed E-state index contributed by atoms with van der Waals surface area (Å²) in [6, 6.07) is 9.37.